The number of fused-ring (bicyclic) bond motifs is 1. The molecule has 0 spiro atoms. The van der Waals surface area contributed by atoms with Crippen molar-refractivity contribution in [2.24, 2.45) is 0 Å². The van der Waals surface area contributed by atoms with E-state index in [0.29, 0.717) is 17.3 Å². The number of hydrogen-bond acceptors (Lipinski definition) is 4. The Kier molecular flexibility index (Phi) is 5.60. The first-order valence-electron chi connectivity index (χ1n) is 9.05. The number of hydrogen-bond donors (Lipinski definition) is 1. The first kappa shape index (κ1) is 18.7. The predicted octanol–water partition coefficient (Wildman–Crippen LogP) is 4.50. The third-order valence-corrected chi connectivity index (χ3v) is 4.41. The van der Waals surface area contributed by atoms with Gasteiger partial charge in [-0.3, -0.25) is 4.79 Å². The van der Waals surface area contributed by atoms with Gasteiger partial charge in [0.1, 0.15) is 11.3 Å². The molecule has 0 unspecified atom stereocenters. The molecule has 5 nitrogen and oxygen atoms in total. The van der Waals surface area contributed by atoms with Crippen molar-refractivity contribution in [1.29, 1.82) is 0 Å². The van der Waals surface area contributed by atoms with Crippen molar-refractivity contribution in [1.82, 2.24) is 0 Å². The molecule has 1 aromatic heterocycles. The summed E-state index contributed by atoms with van der Waals surface area (Å²) < 4.78 is 10.8. The number of aryl methyl sites for hydroxylation is 1. The molecule has 140 valence electrons. The summed E-state index contributed by atoms with van der Waals surface area (Å²) in [6.07, 6.45) is 0.736. The van der Waals surface area contributed by atoms with Gasteiger partial charge in [-0.15, -0.1) is 0 Å². The van der Waals surface area contributed by atoms with Gasteiger partial charge in [0.25, 0.3) is 5.91 Å². The van der Waals surface area contributed by atoms with Crippen LogP contribution >= 0.6 is 0 Å². The minimum atomic E-state index is -0.390. The third-order valence-electron chi connectivity index (χ3n) is 4.41. The van der Waals surface area contributed by atoms with E-state index in [1.54, 1.807) is 12.1 Å². The lowest BCUT2D eigenvalue weighted by Crippen LogP contribution is -2.20. The lowest BCUT2D eigenvalue weighted by Gasteiger charge is -2.10. The van der Waals surface area contributed by atoms with E-state index in [9.17, 15) is 9.59 Å². The largest absolute Gasteiger partial charge is 0.484 e. The van der Waals surface area contributed by atoms with E-state index in [4.69, 9.17) is 9.15 Å². The minimum absolute atomic E-state index is 0.130. The molecule has 1 heterocycles. The zero-order valence-electron chi connectivity index (χ0n) is 15.7. The zero-order chi connectivity index (χ0) is 19.4. The van der Waals surface area contributed by atoms with Gasteiger partial charge in [0, 0.05) is 23.2 Å². The van der Waals surface area contributed by atoms with E-state index in [-0.39, 0.29) is 18.1 Å². The average Bonchev–Trinajstić information content (AvgIpc) is 2.65. The van der Waals surface area contributed by atoms with Crippen molar-refractivity contribution in [3.8, 4) is 5.75 Å². The summed E-state index contributed by atoms with van der Waals surface area (Å²) >= 11 is 0. The Hall–Kier alpha value is -3.08. The third kappa shape index (κ3) is 4.56. The molecule has 0 saturated carbocycles. The normalized spacial score (nSPS) is 11.0. The van der Waals surface area contributed by atoms with Crippen molar-refractivity contribution in [3.63, 3.8) is 0 Å². The monoisotopic (exact) mass is 365 g/mol. The van der Waals surface area contributed by atoms with Gasteiger partial charge in [0.15, 0.2) is 6.61 Å². The maximum Gasteiger partial charge on any atom is 0.336 e. The van der Waals surface area contributed by atoms with Crippen LogP contribution in [-0.4, -0.2) is 12.5 Å². The molecule has 3 aromatic rings. The Morgan fingerprint density at radius 1 is 1.11 bits per heavy atom. The lowest BCUT2D eigenvalue weighted by molar-refractivity contribution is -0.118. The minimum Gasteiger partial charge on any atom is -0.484 e. The van der Waals surface area contributed by atoms with Gasteiger partial charge in [-0.1, -0.05) is 32.9 Å². The number of benzene rings is 2. The molecule has 0 saturated heterocycles. The van der Waals surface area contributed by atoms with Gasteiger partial charge in [-0.05, 0) is 47.7 Å². The maximum atomic E-state index is 12.1. The molecule has 0 atom stereocenters. The second-order valence-electron chi connectivity index (χ2n) is 6.72. The van der Waals surface area contributed by atoms with E-state index in [1.807, 2.05) is 37.3 Å². The molecule has 0 bridgehead atoms. The van der Waals surface area contributed by atoms with E-state index in [1.165, 1.54) is 11.6 Å². The van der Waals surface area contributed by atoms with Crippen LogP contribution in [0.25, 0.3) is 11.0 Å². The summed E-state index contributed by atoms with van der Waals surface area (Å²) in [5.74, 6) is 0.666. The van der Waals surface area contributed by atoms with Crippen molar-refractivity contribution in [2.75, 3.05) is 11.9 Å². The average molecular weight is 365 g/mol. The van der Waals surface area contributed by atoms with E-state index in [2.05, 4.69) is 19.2 Å². The lowest BCUT2D eigenvalue weighted by atomic mass is 10.0. The summed E-state index contributed by atoms with van der Waals surface area (Å²) in [5, 5.41) is 3.68. The summed E-state index contributed by atoms with van der Waals surface area (Å²) in [6, 6.07) is 14.5. The molecule has 0 aliphatic rings. The summed E-state index contributed by atoms with van der Waals surface area (Å²) in [5.41, 5.74) is 2.94. The quantitative estimate of drug-likeness (QED) is 0.653. The van der Waals surface area contributed by atoms with Gasteiger partial charge < -0.3 is 14.5 Å². The molecule has 0 aliphatic heterocycles. The Morgan fingerprint density at radius 2 is 1.85 bits per heavy atom. The highest BCUT2D eigenvalue weighted by molar-refractivity contribution is 5.92. The Balaban J connectivity index is 1.65. The Labute approximate surface area is 158 Å². The highest BCUT2D eigenvalue weighted by Crippen LogP contribution is 2.23. The first-order chi connectivity index (χ1) is 13.0. The van der Waals surface area contributed by atoms with Crippen molar-refractivity contribution in [3.05, 3.63) is 70.1 Å². The number of amides is 1. The summed E-state index contributed by atoms with van der Waals surface area (Å²) in [7, 11) is 0. The van der Waals surface area contributed by atoms with Gasteiger partial charge in [-0.2, -0.15) is 0 Å². The predicted molar refractivity (Wildman–Crippen MR) is 107 cm³/mol. The van der Waals surface area contributed by atoms with E-state index >= 15 is 0 Å². The Morgan fingerprint density at radius 3 is 2.52 bits per heavy atom. The second kappa shape index (κ2) is 8.08. The Bertz CT molecular complexity index is 1000. The number of carbonyl (C=O) groups excluding carboxylic acids is 1. The zero-order valence-corrected chi connectivity index (χ0v) is 15.7. The summed E-state index contributed by atoms with van der Waals surface area (Å²) in [4.78, 5) is 23.8. The molecule has 1 amide bonds. The molecule has 0 radical (unpaired) electrons. The SMILES string of the molecule is CCc1cc(=O)oc2cc(OCC(=O)Nc3ccc(C(C)C)cc3)ccc12. The van der Waals surface area contributed by atoms with Gasteiger partial charge in [0.05, 0.1) is 0 Å². The molecule has 0 aliphatic carbocycles. The molecule has 5 heteroatoms. The molecule has 0 fully saturated rings. The number of anilines is 1. The number of rotatable bonds is 6. The molecule has 3 rings (SSSR count). The topological polar surface area (TPSA) is 68.5 Å². The van der Waals surface area contributed by atoms with Crippen molar-refractivity contribution in [2.45, 2.75) is 33.1 Å². The fourth-order valence-electron chi connectivity index (χ4n) is 2.89. The number of carbonyl (C=O) groups is 1. The van der Waals surface area contributed by atoms with E-state index in [0.717, 1.165) is 23.1 Å². The fourth-order valence-corrected chi connectivity index (χ4v) is 2.89. The van der Waals surface area contributed by atoms with E-state index < -0.39 is 0 Å². The van der Waals surface area contributed by atoms with Crippen LogP contribution in [-0.2, 0) is 11.2 Å². The molecule has 2 aromatic carbocycles. The van der Waals surface area contributed by atoms with Crippen LogP contribution in [0.4, 0.5) is 5.69 Å². The first-order valence-corrected chi connectivity index (χ1v) is 9.05. The molecule has 1 N–H and O–H groups in total. The van der Waals surface area contributed by atoms with Crippen LogP contribution in [0.15, 0.2) is 57.7 Å². The fraction of sp³-hybridized carbons (Fsp3) is 0.273. The van der Waals surface area contributed by atoms with Crippen LogP contribution in [0.5, 0.6) is 5.75 Å². The van der Waals surface area contributed by atoms with Crippen LogP contribution < -0.4 is 15.7 Å². The molecular weight excluding hydrogens is 342 g/mol. The van der Waals surface area contributed by atoms with Crippen LogP contribution in [0.3, 0.4) is 0 Å². The number of nitrogens with one attached hydrogen (secondary N) is 1. The molecular formula is C22H23NO4. The molecule has 27 heavy (non-hydrogen) atoms. The standard InChI is InChI=1S/C22H23NO4/c1-4-15-11-22(25)27-20-12-18(9-10-19(15)20)26-13-21(24)23-17-7-5-16(6-8-17)14(2)3/h5-12,14H,4,13H2,1-3H3,(H,23,24). The second-order valence-corrected chi connectivity index (χ2v) is 6.72. The number of ether oxygens (including phenoxy) is 1. The maximum absolute atomic E-state index is 12.1. The summed E-state index contributed by atoms with van der Waals surface area (Å²) in [6.45, 7) is 6.10. The highest BCUT2D eigenvalue weighted by atomic mass is 16.5. The van der Waals surface area contributed by atoms with Gasteiger partial charge >= 0.3 is 5.63 Å². The van der Waals surface area contributed by atoms with Gasteiger partial charge in [-0.25, -0.2) is 4.79 Å². The van der Waals surface area contributed by atoms with Crippen molar-refractivity contribution < 1.29 is 13.9 Å². The van der Waals surface area contributed by atoms with Gasteiger partial charge in [0.2, 0.25) is 0 Å². The van der Waals surface area contributed by atoms with Crippen molar-refractivity contribution >= 4 is 22.6 Å². The highest BCUT2D eigenvalue weighted by Gasteiger charge is 2.08. The smallest absolute Gasteiger partial charge is 0.336 e. The van der Waals surface area contributed by atoms with Crippen LogP contribution in [0.1, 0.15) is 37.8 Å². The van der Waals surface area contributed by atoms with Crippen LogP contribution in [0.2, 0.25) is 0 Å². The van der Waals surface area contributed by atoms with Crippen LogP contribution in [0, 0.1) is 0 Å².